The van der Waals surface area contributed by atoms with Crippen molar-refractivity contribution in [3.63, 3.8) is 0 Å². The van der Waals surface area contributed by atoms with E-state index >= 15 is 0 Å². The Morgan fingerprint density at radius 3 is 2.90 bits per heavy atom. The minimum Gasteiger partial charge on any atom is -0.398 e. The summed E-state index contributed by atoms with van der Waals surface area (Å²) in [5.74, 6) is 0. The molecule has 0 spiro atoms. The highest BCUT2D eigenvalue weighted by atomic mass is 14.9. The third kappa shape index (κ3) is 1.52. The molecule has 0 aliphatic carbocycles. The summed E-state index contributed by atoms with van der Waals surface area (Å²) in [6.45, 7) is 3.60. The molecule has 0 saturated heterocycles. The number of rotatable bonds is 1. The molecule has 0 aromatic rings. The summed E-state index contributed by atoms with van der Waals surface area (Å²) in [6, 6.07) is 0. The molecule has 0 aromatic heterocycles. The van der Waals surface area contributed by atoms with E-state index in [-0.39, 0.29) is 0 Å². The molecule has 0 saturated carbocycles. The molecular weight excluding hydrogens is 124 g/mol. The van der Waals surface area contributed by atoms with Crippen molar-refractivity contribution in [2.45, 2.75) is 0 Å². The molecule has 0 unspecified atom stereocenters. The minimum absolute atomic E-state index is 0.552. The van der Waals surface area contributed by atoms with E-state index in [1.165, 1.54) is 0 Å². The molecule has 0 bridgehead atoms. The van der Waals surface area contributed by atoms with E-state index in [1.54, 1.807) is 0 Å². The summed E-state index contributed by atoms with van der Waals surface area (Å²) >= 11 is 0. The van der Waals surface area contributed by atoms with Crippen LogP contribution < -0.4 is 11.1 Å². The van der Waals surface area contributed by atoms with Crippen molar-refractivity contribution in [2.75, 3.05) is 0 Å². The molecule has 0 atom stereocenters. The lowest BCUT2D eigenvalue weighted by Gasteiger charge is -2.02. The first-order valence-corrected chi connectivity index (χ1v) is 3.05. The maximum atomic E-state index is 5.44. The molecule has 0 aromatic carbocycles. The van der Waals surface area contributed by atoms with Crippen LogP contribution in [0.5, 0.6) is 0 Å². The molecule has 10 heavy (non-hydrogen) atoms. The quantitative estimate of drug-likeness (QED) is 0.561. The lowest BCUT2D eigenvalue weighted by molar-refractivity contribution is 1.06. The van der Waals surface area contributed by atoms with Gasteiger partial charge in [0.1, 0.15) is 0 Å². The van der Waals surface area contributed by atoms with E-state index in [2.05, 4.69) is 11.9 Å². The van der Waals surface area contributed by atoms with Gasteiger partial charge in [-0.05, 0) is 12.2 Å². The fourth-order valence-corrected chi connectivity index (χ4v) is 0.657. The Morgan fingerprint density at radius 2 is 2.20 bits per heavy atom. The van der Waals surface area contributed by atoms with E-state index in [0.717, 1.165) is 5.70 Å². The molecule has 52 valence electrons. The summed E-state index contributed by atoms with van der Waals surface area (Å²) in [5.41, 5.74) is 6.85. The van der Waals surface area contributed by atoms with Crippen molar-refractivity contribution in [1.29, 1.82) is 0 Å². The Hall–Kier alpha value is -1.44. The molecule has 1 heterocycles. The Labute approximate surface area is 60.4 Å². The Morgan fingerprint density at radius 1 is 1.40 bits per heavy atom. The predicted octanol–water partition coefficient (Wildman–Crippen LogP) is 1.02. The molecule has 2 nitrogen and oxygen atoms in total. The van der Waals surface area contributed by atoms with Gasteiger partial charge in [-0.2, -0.15) is 0 Å². The highest BCUT2D eigenvalue weighted by molar-refractivity contribution is 5.32. The lowest BCUT2D eigenvalue weighted by atomic mass is 10.3. The molecule has 1 aliphatic rings. The summed E-state index contributed by atoms with van der Waals surface area (Å²) in [7, 11) is 0. The van der Waals surface area contributed by atoms with Gasteiger partial charge in [0, 0.05) is 11.9 Å². The monoisotopic (exact) mass is 134 g/mol. The number of hydrogen-bond acceptors (Lipinski definition) is 2. The van der Waals surface area contributed by atoms with Gasteiger partial charge in [0.15, 0.2) is 0 Å². The van der Waals surface area contributed by atoms with Crippen molar-refractivity contribution in [1.82, 2.24) is 5.32 Å². The number of hydrogen-bond donors (Lipinski definition) is 2. The van der Waals surface area contributed by atoms with Gasteiger partial charge in [-0.15, -0.1) is 0 Å². The zero-order chi connectivity index (χ0) is 7.40. The van der Waals surface area contributed by atoms with Crippen molar-refractivity contribution in [3.8, 4) is 0 Å². The average Bonchev–Trinajstić information content (AvgIpc) is 2.12. The normalized spacial score (nSPS) is 15.4. The Bertz CT molecular complexity index is 221. The second-order valence-electron chi connectivity index (χ2n) is 1.99. The molecule has 0 fully saturated rings. The Kier molecular flexibility index (Phi) is 1.95. The second kappa shape index (κ2) is 2.92. The van der Waals surface area contributed by atoms with Gasteiger partial charge in [-0.25, -0.2) is 0 Å². The van der Waals surface area contributed by atoms with Gasteiger partial charge in [0.2, 0.25) is 0 Å². The standard InChI is InChI=1S/C8H10N2/c1-7(9)8-5-3-2-4-6-10-8/h2-6,10H,1,9H2. The summed E-state index contributed by atoms with van der Waals surface area (Å²) in [5, 5.41) is 2.97. The first kappa shape index (κ1) is 6.68. The van der Waals surface area contributed by atoms with Gasteiger partial charge in [0.05, 0.1) is 5.70 Å². The SMILES string of the molecule is C=C(N)C1=CC=CC=CN1. The van der Waals surface area contributed by atoms with Gasteiger partial charge in [-0.1, -0.05) is 18.7 Å². The minimum atomic E-state index is 0.552. The zero-order valence-corrected chi connectivity index (χ0v) is 5.67. The van der Waals surface area contributed by atoms with E-state index in [0.29, 0.717) is 5.70 Å². The van der Waals surface area contributed by atoms with E-state index in [1.807, 2.05) is 30.5 Å². The van der Waals surface area contributed by atoms with Crippen LogP contribution in [0.2, 0.25) is 0 Å². The van der Waals surface area contributed by atoms with Crippen LogP contribution >= 0.6 is 0 Å². The first-order chi connectivity index (χ1) is 4.80. The largest absolute Gasteiger partial charge is 0.398 e. The van der Waals surface area contributed by atoms with Gasteiger partial charge in [0.25, 0.3) is 0 Å². The van der Waals surface area contributed by atoms with Crippen molar-refractivity contribution in [3.05, 3.63) is 48.5 Å². The third-order valence-electron chi connectivity index (χ3n) is 1.17. The van der Waals surface area contributed by atoms with Crippen LogP contribution in [0.25, 0.3) is 0 Å². The lowest BCUT2D eigenvalue weighted by Crippen LogP contribution is -2.11. The van der Waals surface area contributed by atoms with Gasteiger partial charge < -0.3 is 11.1 Å². The highest BCUT2D eigenvalue weighted by Crippen LogP contribution is 1.99. The number of allylic oxidation sites excluding steroid dienone is 4. The van der Waals surface area contributed by atoms with Crippen LogP contribution in [-0.2, 0) is 0 Å². The predicted molar refractivity (Wildman–Crippen MR) is 42.8 cm³/mol. The third-order valence-corrected chi connectivity index (χ3v) is 1.17. The number of nitrogens with one attached hydrogen (secondary N) is 1. The topological polar surface area (TPSA) is 38.0 Å². The van der Waals surface area contributed by atoms with Crippen molar-refractivity contribution < 1.29 is 0 Å². The first-order valence-electron chi connectivity index (χ1n) is 3.05. The molecule has 1 aliphatic heterocycles. The van der Waals surface area contributed by atoms with E-state index in [4.69, 9.17) is 5.73 Å². The number of nitrogens with two attached hydrogens (primary N) is 1. The molecule has 1 rings (SSSR count). The fourth-order valence-electron chi connectivity index (χ4n) is 0.657. The highest BCUT2D eigenvalue weighted by Gasteiger charge is 1.93. The smallest absolute Gasteiger partial charge is 0.0607 e. The van der Waals surface area contributed by atoms with Crippen molar-refractivity contribution >= 4 is 0 Å². The van der Waals surface area contributed by atoms with Gasteiger partial charge >= 0.3 is 0 Å². The zero-order valence-electron chi connectivity index (χ0n) is 5.67. The summed E-state index contributed by atoms with van der Waals surface area (Å²) in [6.07, 6.45) is 9.41. The second-order valence-corrected chi connectivity index (χ2v) is 1.99. The van der Waals surface area contributed by atoms with Crippen LogP contribution in [0.3, 0.4) is 0 Å². The average molecular weight is 134 g/mol. The van der Waals surface area contributed by atoms with Crippen molar-refractivity contribution in [2.24, 2.45) is 5.73 Å². The maximum Gasteiger partial charge on any atom is 0.0607 e. The molecule has 2 heteroatoms. The maximum absolute atomic E-state index is 5.44. The van der Waals surface area contributed by atoms with Crippen LogP contribution in [0.15, 0.2) is 48.5 Å². The fraction of sp³-hybridized carbons (Fsp3) is 0. The van der Waals surface area contributed by atoms with Crippen LogP contribution in [0.1, 0.15) is 0 Å². The van der Waals surface area contributed by atoms with Crippen LogP contribution in [-0.4, -0.2) is 0 Å². The summed E-state index contributed by atoms with van der Waals surface area (Å²) in [4.78, 5) is 0. The Balaban J connectivity index is 2.78. The van der Waals surface area contributed by atoms with Crippen LogP contribution in [0, 0.1) is 0 Å². The molecule has 0 radical (unpaired) electrons. The van der Waals surface area contributed by atoms with E-state index in [9.17, 15) is 0 Å². The summed E-state index contributed by atoms with van der Waals surface area (Å²) < 4.78 is 0. The van der Waals surface area contributed by atoms with E-state index < -0.39 is 0 Å². The molecule has 0 amide bonds. The molecular formula is C8H10N2. The van der Waals surface area contributed by atoms with Crippen LogP contribution in [0.4, 0.5) is 0 Å². The van der Waals surface area contributed by atoms with Gasteiger partial charge in [-0.3, -0.25) is 0 Å². The molecule has 3 N–H and O–H groups in total.